The first-order chi connectivity index (χ1) is 6.94. The van der Waals surface area contributed by atoms with E-state index < -0.39 is 6.36 Å². The van der Waals surface area contributed by atoms with E-state index in [4.69, 9.17) is 0 Å². The Hall–Kier alpha value is -1.23. The van der Waals surface area contributed by atoms with E-state index in [0.29, 0.717) is 0 Å². The van der Waals surface area contributed by atoms with Gasteiger partial charge < -0.3 is 4.74 Å². The largest absolute Gasteiger partial charge is 0.573 e. The van der Waals surface area contributed by atoms with Crippen molar-refractivity contribution >= 4 is 21.4 Å². The SMILES string of the molecule is [CH2]c1cc2ccc(OC(F)(F)F)cc2s1. The molecule has 5 heteroatoms. The molecule has 0 spiro atoms. The molecule has 1 aromatic heterocycles. The Bertz CT molecular complexity index is 487. The van der Waals surface area contributed by atoms with Gasteiger partial charge >= 0.3 is 6.36 Å². The molecule has 0 fully saturated rings. The number of halogens is 3. The van der Waals surface area contributed by atoms with Gasteiger partial charge in [-0.25, -0.2) is 0 Å². The topological polar surface area (TPSA) is 9.23 Å². The lowest BCUT2D eigenvalue weighted by Gasteiger charge is -2.08. The van der Waals surface area contributed by atoms with Gasteiger partial charge in [0.05, 0.1) is 0 Å². The van der Waals surface area contributed by atoms with E-state index in [1.807, 2.05) is 6.07 Å². The second-order valence-corrected chi connectivity index (χ2v) is 4.13. The third-order valence-electron chi connectivity index (χ3n) is 1.78. The lowest BCUT2D eigenvalue weighted by atomic mass is 10.2. The fourth-order valence-electron chi connectivity index (χ4n) is 1.26. The van der Waals surface area contributed by atoms with Crippen LogP contribution in [0.4, 0.5) is 13.2 Å². The van der Waals surface area contributed by atoms with Crippen molar-refractivity contribution in [3.05, 3.63) is 36.1 Å². The molecule has 0 bridgehead atoms. The Morgan fingerprint density at radius 2 is 1.93 bits per heavy atom. The van der Waals surface area contributed by atoms with Crippen LogP contribution in [0, 0.1) is 6.92 Å². The predicted octanol–water partition coefficient (Wildman–Crippen LogP) is 3.98. The minimum Gasteiger partial charge on any atom is -0.406 e. The Morgan fingerprint density at radius 3 is 2.60 bits per heavy atom. The van der Waals surface area contributed by atoms with Crippen molar-refractivity contribution in [3.63, 3.8) is 0 Å². The number of thiophene rings is 1. The van der Waals surface area contributed by atoms with Crippen molar-refractivity contribution in [2.75, 3.05) is 0 Å². The number of benzene rings is 1. The number of hydrogen-bond donors (Lipinski definition) is 0. The molecule has 1 radical (unpaired) electrons. The van der Waals surface area contributed by atoms with Crippen LogP contribution in [0.2, 0.25) is 0 Å². The first-order valence-corrected chi connectivity index (χ1v) is 4.87. The molecule has 79 valence electrons. The zero-order valence-corrected chi connectivity index (χ0v) is 8.28. The average molecular weight is 231 g/mol. The fourth-order valence-corrected chi connectivity index (χ4v) is 2.15. The lowest BCUT2D eigenvalue weighted by molar-refractivity contribution is -0.274. The molecule has 0 amide bonds. The second kappa shape index (κ2) is 3.41. The zero-order valence-electron chi connectivity index (χ0n) is 7.47. The van der Waals surface area contributed by atoms with Gasteiger partial charge in [0.15, 0.2) is 0 Å². The van der Waals surface area contributed by atoms with Gasteiger partial charge in [0.25, 0.3) is 0 Å². The quantitative estimate of drug-likeness (QED) is 0.721. The van der Waals surface area contributed by atoms with Crippen LogP contribution >= 0.6 is 11.3 Å². The molecular weight excluding hydrogens is 225 g/mol. The van der Waals surface area contributed by atoms with Crippen molar-refractivity contribution in [1.29, 1.82) is 0 Å². The molecule has 2 aromatic rings. The highest BCUT2D eigenvalue weighted by Gasteiger charge is 2.31. The summed E-state index contributed by atoms with van der Waals surface area (Å²) in [4.78, 5) is 0.814. The zero-order chi connectivity index (χ0) is 11.1. The highest BCUT2D eigenvalue weighted by molar-refractivity contribution is 7.19. The van der Waals surface area contributed by atoms with Gasteiger partial charge in [-0.2, -0.15) is 0 Å². The van der Waals surface area contributed by atoms with Crippen LogP contribution in [-0.4, -0.2) is 6.36 Å². The van der Waals surface area contributed by atoms with Crippen molar-refractivity contribution in [2.45, 2.75) is 6.36 Å². The first kappa shape index (κ1) is 10.3. The maximum atomic E-state index is 11.9. The molecule has 0 saturated carbocycles. The maximum Gasteiger partial charge on any atom is 0.573 e. The lowest BCUT2D eigenvalue weighted by Crippen LogP contribution is -2.16. The van der Waals surface area contributed by atoms with E-state index in [2.05, 4.69) is 11.7 Å². The van der Waals surface area contributed by atoms with E-state index in [9.17, 15) is 13.2 Å². The van der Waals surface area contributed by atoms with Gasteiger partial charge in [-0.15, -0.1) is 24.5 Å². The third-order valence-corrected chi connectivity index (χ3v) is 2.73. The molecule has 1 aromatic carbocycles. The third kappa shape index (κ3) is 2.41. The normalized spacial score (nSPS) is 12.0. The number of ether oxygens (including phenoxy) is 1. The Labute approximate surface area is 88.1 Å². The van der Waals surface area contributed by atoms with Gasteiger partial charge in [0, 0.05) is 9.58 Å². The van der Waals surface area contributed by atoms with E-state index in [-0.39, 0.29) is 5.75 Å². The molecule has 0 aliphatic heterocycles. The van der Waals surface area contributed by atoms with Crippen LogP contribution in [0.25, 0.3) is 10.1 Å². The molecular formula is C10H6F3OS. The van der Waals surface area contributed by atoms with Crippen LogP contribution in [0.5, 0.6) is 5.75 Å². The van der Waals surface area contributed by atoms with Crippen molar-refractivity contribution < 1.29 is 17.9 Å². The van der Waals surface area contributed by atoms with E-state index in [1.165, 1.54) is 23.5 Å². The summed E-state index contributed by atoms with van der Waals surface area (Å²) in [6, 6.07) is 6.06. The smallest absolute Gasteiger partial charge is 0.406 e. The molecule has 1 heterocycles. The summed E-state index contributed by atoms with van der Waals surface area (Å²) < 4.78 is 40.3. The van der Waals surface area contributed by atoms with E-state index in [0.717, 1.165) is 15.0 Å². The van der Waals surface area contributed by atoms with Gasteiger partial charge in [-0.3, -0.25) is 0 Å². The summed E-state index contributed by atoms with van der Waals surface area (Å²) >= 11 is 1.33. The molecule has 2 rings (SSSR count). The first-order valence-electron chi connectivity index (χ1n) is 4.05. The summed E-state index contributed by atoms with van der Waals surface area (Å²) in [7, 11) is 0. The number of fused-ring (bicyclic) bond motifs is 1. The van der Waals surface area contributed by atoms with Crippen LogP contribution in [0.15, 0.2) is 24.3 Å². The summed E-state index contributed by atoms with van der Waals surface area (Å²) in [5.41, 5.74) is 0. The van der Waals surface area contributed by atoms with Gasteiger partial charge in [0.2, 0.25) is 0 Å². The Morgan fingerprint density at radius 1 is 1.20 bits per heavy atom. The number of alkyl halides is 3. The van der Waals surface area contributed by atoms with E-state index >= 15 is 0 Å². The number of hydrogen-bond acceptors (Lipinski definition) is 2. The van der Waals surface area contributed by atoms with Crippen LogP contribution in [0.3, 0.4) is 0 Å². The maximum absolute atomic E-state index is 11.9. The van der Waals surface area contributed by atoms with Crippen LogP contribution < -0.4 is 4.74 Å². The summed E-state index contributed by atoms with van der Waals surface area (Å²) in [6.45, 7) is 3.72. The monoisotopic (exact) mass is 231 g/mol. The highest BCUT2D eigenvalue weighted by Crippen LogP contribution is 2.31. The van der Waals surface area contributed by atoms with Crippen molar-refractivity contribution in [1.82, 2.24) is 0 Å². The second-order valence-electron chi connectivity index (χ2n) is 2.96. The molecule has 0 unspecified atom stereocenters. The molecule has 0 aliphatic rings. The number of rotatable bonds is 1. The van der Waals surface area contributed by atoms with E-state index in [1.54, 1.807) is 6.07 Å². The minimum absolute atomic E-state index is 0.197. The van der Waals surface area contributed by atoms with Gasteiger partial charge in [0.1, 0.15) is 5.75 Å². The minimum atomic E-state index is -4.64. The van der Waals surface area contributed by atoms with Crippen molar-refractivity contribution in [2.24, 2.45) is 0 Å². The van der Waals surface area contributed by atoms with Crippen LogP contribution in [-0.2, 0) is 0 Å². The fraction of sp³-hybridized carbons (Fsp3) is 0.100. The van der Waals surface area contributed by atoms with Gasteiger partial charge in [-0.05, 0) is 36.6 Å². The molecule has 0 N–H and O–H groups in total. The molecule has 15 heavy (non-hydrogen) atoms. The Kier molecular flexibility index (Phi) is 2.34. The summed E-state index contributed by atoms with van der Waals surface area (Å²) in [5, 5.41) is 0.875. The average Bonchev–Trinajstić information content (AvgIpc) is 2.40. The summed E-state index contributed by atoms with van der Waals surface area (Å²) in [5.74, 6) is -0.197. The molecule has 1 nitrogen and oxygen atoms in total. The van der Waals surface area contributed by atoms with Gasteiger partial charge in [-0.1, -0.05) is 0 Å². The molecule has 0 atom stereocenters. The highest BCUT2D eigenvalue weighted by atomic mass is 32.1. The van der Waals surface area contributed by atoms with Crippen LogP contribution in [0.1, 0.15) is 4.88 Å². The van der Waals surface area contributed by atoms with Crippen molar-refractivity contribution in [3.8, 4) is 5.75 Å². The molecule has 0 saturated heterocycles. The standard InChI is InChI=1S/C10H6F3OS/c1-6-4-7-2-3-8(5-9(7)15-6)14-10(11,12)13/h2-5H,1H2. The Balaban J connectivity index is 2.38. The summed E-state index contributed by atoms with van der Waals surface area (Å²) in [6.07, 6.45) is -4.64. The predicted molar refractivity (Wildman–Crippen MR) is 53.0 cm³/mol. The molecule has 0 aliphatic carbocycles.